The smallest absolute Gasteiger partial charge is 0.306 e. The van der Waals surface area contributed by atoms with Gasteiger partial charge in [0, 0.05) is 13.0 Å². The minimum atomic E-state index is -1.54. The van der Waals surface area contributed by atoms with Crippen molar-refractivity contribution in [3.63, 3.8) is 0 Å². The Bertz CT molecular complexity index is 890. The molecule has 0 aromatic rings. The quantitative estimate of drug-likeness (QED) is 0.0286. The number of aliphatic hydroxyl groups is 4. The third kappa shape index (κ3) is 26.2. The predicted molar refractivity (Wildman–Crippen MR) is 210 cm³/mol. The van der Waals surface area contributed by atoms with Crippen molar-refractivity contribution in [3.05, 3.63) is 36.5 Å². The fraction of sp³-hybridized carbons (Fsp3) is 0.837. The lowest BCUT2D eigenvalue weighted by Crippen LogP contribution is -2.59. The lowest BCUT2D eigenvalue weighted by molar-refractivity contribution is -0.305. The van der Waals surface area contributed by atoms with E-state index in [9.17, 15) is 25.2 Å². The largest absolute Gasteiger partial charge is 0.457 e. The Labute approximate surface area is 317 Å². The molecule has 0 amide bonds. The van der Waals surface area contributed by atoms with Crippen molar-refractivity contribution in [1.29, 1.82) is 0 Å². The molecule has 1 fully saturated rings. The van der Waals surface area contributed by atoms with Crippen LogP contribution in [0.3, 0.4) is 0 Å². The Balaban J connectivity index is 2.28. The van der Waals surface area contributed by atoms with Crippen LogP contribution in [0.25, 0.3) is 0 Å². The SMILES string of the molecule is CCC/C=C\CCCCCCCCOCC(COC1OC(CO)C(O)C(O)C1O)OC(=O)CCCCCCCCC/C=C\C/C=C\CCCCCC. The molecule has 0 radical (unpaired) electrons. The summed E-state index contributed by atoms with van der Waals surface area (Å²) in [5.74, 6) is -0.325. The molecule has 304 valence electrons. The van der Waals surface area contributed by atoms with Gasteiger partial charge in [-0.25, -0.2) is 0 Å². The molecular weight excluding hydrogens is 660 g/mol. The number of unbranched alkanes of at least 4 members (excludes halogenated alkanes) is 18. The van der Waals surface area contributed by atoms with E-state index in [0.29, 0.717) is 13.0 Å². The molecule has 9 nitrogen and oxygen atoms in total. The number of aliphatic hydroxyl groups excluding tert-OH is 4. The normalized spacial score (nSPS) is 21.5. The maximum absolute atomic E-state index is 12.7. The highest BCUT2D eigenvalue weighted by atomic mass is 16.7. The molecule has 0 spiro atoms. The van der Waals surface area contributed by atoms with Gasteiger partial charge in [-0.3, -0.25) is 4.79 Å². The number of rotatable bonds is 35. The van der Waals surface area contributed by atoms with E-state index in [0.717, 1.165) is 64.2 Å². The number of allylic oxidation sites excluding steroid dienone is 6. The Morgan fingerprint density at radius 1 is 0.615 bits per heavy atom. The highest BCUT2D eigenvalue weighted by Gasteiger charge is 2.44. The molecular formula is C43H78O9. The first-order valence-corrected chi connectivity index (χ1v) is 21.1. The number of carbonyl (C=O) groups is 1. The van der Waals surface area contributed by atoms with E-state index in [2.05, 4.69) is 50.3 Å². The van der Waals surface area contributed by atoms with Crippen molar-refractivity contribution in [2.24, 2.45) is 0 Å². The molecule has 1 rings (SSSR count). The monoisotopic (exact) mass is 739 g/mol. The molecule has 0 bridgehead atoms. The fourth-order valence-electron chi connectivity index (χ4n) is 6.17. The first kappa shape index (κ1) is 48.4. The summed E-state index contributed by atoms with van der Waals surface area (Å²) in [5.41, 5.74) is 0. The second-order valence-electron chi connectivity index (χ2n) is 14.4. The summed E-state index contributed by atoms with van der Waals surface area (Å²) in [6.07, 6.45) is 33.1. The van der Waals surface area contributed by atoms with Gasteiger partial charge in [0.15, 0.2) is 6.29 Å². The van der Waals surface area contributed by atoms with Crippen LogP contribution >= 0.6 is 0 Å². The zero-order chi connectivity index (χ0) is 37.9. The minimum absolute atomic E-state index is 0.119. The topological polar surface area (TPSA) is 135 Å². The zero-order valence-electron chi connectivity index (χ0n) is 33.1. The lowest BCUT2D eigenvalue weighted by atomic mass is 9.99. The fourth-order valence-corrected chi connectivity index (χ4v) is 6.17. The highest BCUT2D eigenvalue weighted by Crippen LogP contribution is 2.22. The predicted octanol–water partition coefficient (Wildman–Crippen LogP) is 8.80. The Morgan fingerprint density at radius 3 is 1.75 bits per heavy atom. The summed E-state index contributed by atoms with van der Waals surface area (Å²) in [7, 11) is 0. The summed E-state index contributed by atoms with van der Waals surface area (Å²) in [6.45, 7) is 4.46. The summed E-state index contributed by atoms with van der Waals surface area (Å²) in [6, 6.07) is 0. The van der Waals surface area contributed by atoms with Crippen LogP contribution < -0.4 is 0 Å². The van der Waals surface area contributed by atoms with Crippen molar-refractivity contribution >= 4 is 5.97 Å². The Kier molecular flexibility index (Phi) is 32.7. The molecule has 1 saturated heterocycles. The summed E-state index contributed by atoms with van der Waals surface area (Å²) < 4.78 is 22.7. The van der Waals surface area contributed by atoms with Crippen LogP contribution in [0, 0.1) is 0 Å². The van der Waals surface area contributed by atoms with Crippen molar-refractivity contribution < 1.29 is 44.2 Å². The highest BCUT2D eigenvalue weighted by molar-refractivity contribution is 5.69. The molecule has 6 atom stereocenters. The van der Waals surface area contributed by atoms with E-state index in [4.69, 9.17) is 18.9 Å². The number of carbonyl (C=O) groups excluding carboxylic acids is 1. The minimum Gasteiger partial charge on any atom is -0.457 e. The van der Waals surface area contributed by atoms with E-state index in [1.165, 1.54) is 83.5 Å². The Morgan fingerprint density at radius 2 is 1.15 bits per heavy atom. The van der Waals surface area contributed by atoms with Gasteiger partial charge in [0.1, 0.15) is 30.5 Å². The van der Waals surface area contributed by atoms with Gasteiger partial charge < -0.3 is 39.4 Å². The Hall–Kier alpha value is -1.59. The van der Waals surface area contributed by atoms with Gasteiger partial charge in [0.25, 0.3) is 0 Å². The zero-order valence-corrected chi connectivity index (χ0v) is 33.1. The van der Waals surface area contributed by atoms with E-state index < -0.39 is 43.4 Å². The van der Waals surface area contributed by atoms with Crippen LogP contribution in [0.4, 0.5) is 0 Å². The van der Waals surface area contributed by atoms with E-state index >= 15 is 0 Å². The van der Waals surface area contributed by atoms with E-state index in [-0.39, 0.29) is 19.2 Å². The molecule has 52 heavy (non-hydrogen) atoms. The van der Waals surface area contributed by atoms with Crippen LogP contribution in [0.2, 0.25) is 0 Å². The molecule has 0 aliphatic carbocycles. The molecule has 1 heterocycles. The molecule has 0 aromatic carbocycles. The number of ether oxygens (including phenoxy) is 4. The van der Waals surface area contributed by atoms with Crippen LogP contribution in [-0.4, -0.2) is 89.6 Å². The van der Waals surface area contributed by atoms with Gasteiger partial charge in [-0.1, -0.05) is 134 Å². The van der Waals surface area contributed by atoms with Crippen molar-refractivity contribution in [3.8, 4) is 0 Å². The summed E-state index contributed by atoms with van der Waals surface area (Å²) >= 11 is 0. The molecule has 0 saturated carbocycles. The van der Waals surface area contributed by atoms with E-state index in [1.54, 1.807) is 0 Å². The summed E-state index contributed by atoms with van der Waals surface area (Å²) in [5, 5.41) is 40.0. The maximum Gasteiger partial charge on any atom is 0.306 e. The first-order chi connectivity index (χ1) is 25.4. The number of hydrogen-bond donors (Lipinski definition) is 4. The van der Waals surface area contributed by atoms with Crippen LogP contribution in [-0.2, 0) is 23.7 Å². The van der Waals surface area contributed by atoms with Gasteiger partial charge in [-0.15, -0.1) is 0 Å². The van der Waals surface area contributed by atoms with Gasteiger partial charge in [0.05, 0.1) is 19.8 Å². The van der Waals surface area contributed by atoms with Gasteiger partial charge >= 0.3 is 5.97 Å². The molecule has 1 aliphatic rings. The molecule has 4 N–H and O–H groups in total. The standard InChI is InChI=1S/C43H78O9/c1-3-5-7-9-11-13-15-16-17-18-19-20-21-22-24-26-28-30-32-39(45)51-37(36-50-43-42(48)41(47)40(46)38(34-44)52-43)35-49-33-31-29-27-25-23-14-12-10-8-6-4-2/h8,10,13,15,17-18,37-38,40-44,46-48H,3-7,9,11-12,14,16,19-36H2,1-2H3/b10-8-,15-13-,18-17-. The van der Waals surface area contributed by atoms with Crippen LogP contribution in [0.5, 0.6) is 0 Å². The van der Waals surface area contributed by atoms with Crippen LogP contribution in [0.1, 0.15) is 168 Å². The van der Waals surface area contributed by atoms with Gasteiger partial charge in [-0.05, 0) is 64.2 Å². The second kappa shape index (κ2) is 35.1. The van der Waals surface area contributed by atoms with Crippen molar-refractivity contribution in [1.82, 2.24) is 0 Å². The molecule has 1 aliphatic heterocycles. The average Bonchev–Trinajstić information content (AvgIpc) is 3.14. The number of esters is 1. The van der Waals surface area contributed by atoms with Gasteiger partial charge in [0.2, 0.25) is 0 Å². The third-order valence-electron chi connectivity index (χ3n) is 9.51. The number of hydrogen-bond acceptors (Lipinski definition) is 9. The lowest BCUT2D eigenvalue weighted by Gasteiger charge is -2.39. The summed E-state index contributed by atoms with van der Waals surface area (Å²) in [4.78, 5) is 12.7. The third-order valence-corrected chi connectivity index (χ3v) is 9.51. The molecule has 0 aromatic heterocycles. The van der Waals surface area contributed by atoms with Crippen molar-refractivity contribution in [2.75, 3.05) is 26.4 Å². The first-order valence-electron chi connectivity index (χ1n) is 21.1. The van der Waals surface area contributed by atoms with Gasteiger partial charge in [-0.2, -0.15) is 0 Å². The molecule has 6 unspecified atom stereocenters. The van der Waals surface area contributed by atoms with E-state index in [1.807, 2.05) is 0 Å². The van der Waals surface area contributed by atoms with Crippen molar-refractivity contribution in [2.45, 2.75) is 205 Å². The maximum atomic E-state index is 12.7. The second-order valence-corrected chi connectivity index (χ2v) is 14.4. The van der Waals surface area contributed by atoms with Crippen LogP contribution in [0.15, 0.2) is 36.5 Å². The molecule has 9 heteroatoms. The average molecular weight is 739 g/mol.